The van der Waals surface area contributed by atoms with Gasteiger partial charge in [-0.1, -0.05) is 60.7 Å². The monoisotopic (exact) mass is 390 g/mol. The van der Waals surface area contributed by atoms with Gasteiger partial charge in [-0.25, -0.2) is 10.2 Å². The van der Waals surface area contributed by atoms with Gasteiger partial charge >= 0.3 is 6.09 Å². The van der Waals surface area contributed by atoms with Crippen molar-refractivity contribution in [2.45, 2.75) is 13.2 Å². The van der Waals surface area contributed by atoms with Gasteiger partial charge in [0, 0.05) is 0 Å². The predicted octanol–water partition coefficient (Wildman–Crippen LogP) is 4.53. The number of hydrogen-bond acceptors (Lipinski definition) is 5. The molecule has 3 aromatic rings. The average Bonchev–Trinajstić information content (AvgIpc) is 2.78. The summed E-state index contributed by atoms with van der Waals surface area (Å²) in [7, 11) is 1.28. The topological polar surface area (TPSA) is 69.2 Å². The van der Waals surface area contributed by atoms with E-state index in [2.05, 4.69) is 15.3 Å². The van der Waals surface area contributed by atoms with Crippen molar-refractivity contribution in [3.8, 4) is 11.5 Å². The van der Waals surface area contributed by atoms with Crippen molar-refractivity contribution in [3.63, 3.8) is 0 Å². The second kappa shape index (κ2) is 10.5. The lowest BCUT2D eigenvalue weighted by Crippen LogP contribution is -2.16. The van der Waals surface area contributed by atoms with Gasteiger partial charge in [0.05, 0.1) is 13.3 Å². The number of carbonyl (C=O) groups excluding carboxylic acids is 1. The Morgan fingerprint density at radius 2 is 1.45 bits per heavy atom. The number of hydrazone groups is 1. The second-order valence-corrected chi connectivity index (χ2v) is 6.12. The molecule has 6 heteroatoms. The second-order valence-electron chi connectivity index (χ2n) is 6.12. The van der Waals surface area contributed by atoms with Crippen LogP contribution in [0.25, 0.3) is 0 Å². The number of rotatable bonds is 8. The molecule has 0 atom stereocenters. The summed E-state index contributed by atoms with van der Waals surface area (Å²) in [6.45, 7) is 0.837. The predicted molar refractivity (Wildman–Crippen MR) is 111 cm³/mol. The van der Waals surface area contributed by atoms with Crippen LogP contribution in [0.15, 0.2) is 84.0 Å². The standard InChI is InChI=1S/C23H22N2O4/c1-27-23(26)25-24-15-20-12-13-21(28-16-18-8-4-2-5-9-18)22(14-20)29-17-19-10-6-3-7-11-19/h2-15H,16-17H2,1H3,(H,25,26)/b24-15-. The van der Waals surface area contributed by atoms with Crippen LogP contribution in [0.2, 0.25) is 0 Å². The van der Waals surface area contributed by atoms with Gasteiger partial charge in [-0.05, 0) is 34.9 Å². The number of hydrogen-bond donors (Lipinski definition) is 1. The molecule has 0 fully saturated rings. The van der Waals surface area contributed by atoms with E-state index in [-0.39, 0.29) is 0 Å². The highest BCUT2D eigenvalue weighted by Gasteiger charge is 2.08. The Kier molecular flexibility index (Phi) is 7.23. The fourth-order valence-electron chi connectivity index (χ4n) is 2.51. The highest BCUT2D eigenvalue weighted by molar-refractivity contribution is 5.82. The van der Waals surface area contributed by atoms with E-state index in [0.717, 1.165) is 16.7 Å². The zero-order valence-electron chi connectivity index (χ0n) is 16.1. The van der Waals surface area contributed by atoms with Crippen LogP contribution in [0.3, 0.4) is 0 Å². The van der Waals surface area contributed by atoms with Crippen molar-refractivity contribution in [2.24, 2.45) is 5.10 Å². The van der Waals surface area contributed by atoms with Gasteiger partial charge in [-0.15, -0.1) is 0 Å². The van der Waals surface area contributed by atoms with Gasteiger partial charge in [0.1, 0.15) is 13.2 Å². The number of carbonyl (C=O) groups is 1. The van der Waals surface area contributed by atoms with Crippen LogP contribution >= 0.6 is 0 Å². The lowest BCUT2D eigenvalue weighted by atomic mass is 10.2. The molecule has 0 aliphatic heterocycles. The molecule has 0 spiro atoms. The van der Waals surface area contributed by atoms with Gasteiger partial charge in [-0.2, -0.15) is 5.10 Å². The van der Waals surface area contributed by atoms with Crippen LogP contribution in [0.5, 0.6) is 11.5 Å². The Labute approximate surface area is 169 Å². The largest absolute Gasteiger partial charge is 0.485 e. The normalized spacial score (nSPS) is 10.5. The van der Waals surface area contributed by atoms with Crippen LogP contribution in [0, 0.1) is 0 Å². The van der Waals surface area contributed by atoms with Crippen molar-refractivity contribution in [3.05, 3.63) is 95.6 Å². The van der Waals surface area contributed by atoms with E-state index >= 15 is 0 Å². The fourth-order valence-corrected chi connectivity index (χ4v) is 2.51. The number of benzene rings is 3. The smallest absolute Gasteiger partial charge is 0.427 e. The van der Waals surface area contributed by atoms with E-state index in [9.17, 15) is 4.79 Å². The third-order valence-corrected chi connectivity index (χ3v) is 4.00. The number of nitrogens with one attached hydrogen (secondary N) is 1. The summed E-state index contributed by atoms with van der Waals surface area (Å²) in [5.41, 5.74) is 5.12. The maximum Gasteiger partial charge on any atom is 0.427 e. The molecule has 3 rings (SSSR count). The Bertz CT molecular complexity index is 944. The van der Waals surface area contributed by atoms with Gasteiger partial charge in [0.15, 0.2) is 11.5 Å². The SMILES string of the molecule is COC(=O)N/N=C\c1ccc(OCc2ccccc2)c(OCc2ccccc2)c1. The van der Waals surface area contributed by atoms with Gasteiger partial charge in [0.2, 0.25) is 0 Å². The minimum atomic E-state index is -0.635. The van der Waals surface area contributed by atoms with Crippen LogP contribution in [-0.2, 0) is 18.0 Å². The van der Waals surface area contributed by atoms with E-state index in [4.69, 9.17) is 9.47 Å². The van der Waals surface area contributed by atoms with E-state index in [1.54, 1.807) is 0 Å². The lowest BCUT2D eigenvalue weighted by molar-refractivity contribution is 0.171. The molecule has 0 heterocycles. The first-order chi connectivity index (χ1) is 14.2. The summed E-state index contributed by atoms with van der Waals surface area (Å²) in [6, 6.07) is 25.3. The third kappa shape index (κ3) is 6.39. The highest BCUT2D eigenvalue weighted by Crippen LogP contribution is 2.29. The minimum absolute atomic E-state index is 0.406. The maximum absolute atomic E-state index is 11.1. The molecular formula is C23H22N2O4. The molecule has 0 saturated heterocycles. The molecule has 0 aromatic heterocycles. The van der Waals surface area contributed by atoms with Crippen LogP contribution in [0.1, 0.15) is 16.7 Å². The first-order valence-corrected chi connectivity index (χ1v) is 9.09. The number of methoxy groups -OCH3 is 1. The Morgan fingerprint density at radius 3 is 2.03 bits per heavy atom. The van der Waals surface area contributed by atoms with Crippen molar-refractivity contribution in [1.29, 1.82) is 0 Å². The Hall–Kier alpha value is -3.80. The van der Waals surface area contributed by atoms with Crippen LogP contribution in [-0.4, -0.2) is 19.4 Å². The highest BCUT2D eigenvalue weighted by atomic mass is 16.5. The molecule has 0 saturated carbocycles. The molecule has 0 unspecified atom stereocenters. The molecule has 1 amide bonds. The maximum atomic E-state index is 11.1. The van der Waals surface area contributed by atoms with E-state index in [1.165, 1.54) is 13.3 Å². The van der Waals surface area contributed by atoms with Crippen molar-refractivity contribution < 1.29 is 19.0 Å². The molecule has 0 aliphatic rings. The quantitative estimate of drug-likeness (QED) is 0.453. The fraction of sp³-hybridized carbons (Fsp3) is 0.130. The van der Waals surface area contributed by atoms with E-state index in [1.807, 2.05) is 78.9 Å². The van der Waals surface area contributed by atoms with Crippen LogP contribution < -0.4 is 14.9 Å². The summed E-state index contributed by atoms with van der Waals surface area (Å²) in [5, 5.41) is 3.85. The molecule has 0 bridgehead atoms. The zero-order chi connectivity index (χ0) is 20.3. The summed E-state index contributed by atoms with van der Waals surface area (Å²) < 4.78 is 16.5. The third-order valence-electron chi connectivity index (χ3n) is 4.00. The molecule has 0 radical (unpaired) electrons. The molecule has 3 aromatic carbocycles. The van der Waals surface area contributed by atoms with Crippen molar-refractivity contribution in [2.75, 3.05) is 7.11 Å². The summed E-state index contributed by atoms with van der Waals surface area (Å²) >= 11 is 0. The van der Waals surface area contributed by atoms with E-state index < -0.39 is 6.09 Å². The molecule has 148 valence electrons. The Morgan fingerprint density at radius 1 is 0.862 bits per heavy atom. The molecule has 0 aliphatic carbocycles. The van der Waals surface area contributed by atoms with Crippen LogP contribution in [0.4, 0.5) is 4.79 Å². The Balaban J connectivity index is 1.74. The molecule has 1 N–H and O–H groups in total. The lowest BCUT2D eigenvalue weighted by Gasteiger charge is -2.14. The van der Waals surface area contributed by atoms with Gasteiger partial charge in [-0.3, -0.25) is 0 Å². The zero-order valence-corrected chi connectivity index (χ0v) is 16.1. The van der Waals surface area contributed by atoms with Gasteiger partial charge < -0.3 is 14.2 Å². The molecule has 6 nitrogen and oxygen atoms in total. The molecule has 29 heavy (non-hydrogen) atoms. The van der Waals surface area contributed by atoms with Crippen molar-refractivity contribution >= 4 is 12.3 Å². The van der Waals surface area contributed by atoms with E-state index in [0.29, 0.717) is 24.7 Å². The summed E-state index contributed by atoms with van der Waals surface area (Å²) in [5.74, 6) is 1.22. The number of amides is 1. The van der Waals surface area contributed by atoms with Gasteiger partial charge in [0.25, 0.3) is 0 Å². The summed E-state index contributed by atoms with van der Waals surface area (Å²) in [4.78, 5) is 11.1. The van der Waals surface area contributed by atoms with Crippen molar-refractivity contribution in [1.82, 2.24) is 5.43 Å². The minimum Gasteiger partial charge on any atom is -0.485 e. The summed E-state index contributed by atoms with van der Waals surface area (Å²) in [6.07, 6.45) is 0.873. The first kappa shape index (κ1) is 19.9. The number of nitrogens with zero attached hydrogens (tertiary/aromatic N) is 1. The number of ether oxygens (including phenoxy) is 3. The average molecular weight is 390 g/mol. The molecular weight excluding hydrogens is 368 g/mol. The first-order valence-electron chi connectivity index (χ1n) is 9.09.